The fourth-order valence-corrected chi connectivity index (χ4v) is 4.65. The monoisotopic (exact) mass is 415 g/mol. The molecule has 0 aliphatic carbocycles. The number of fused-ring (bicyclic) bond motifs is 1. The first kappa shape index (κ1) is 19.3. The van der Waals surface area contributed by atoms with Crippen molar-refractivity contribution in [3.8, 4) is 11.1 Å². The number of anilines is 1. The number of aromatic nitrogens is 2. The van der Waals surface area contributed by atoms with E-state index >= 15 is 0 Å². The number of nitrogens with zero attached hydrogens (tertiary/aromatic N) is 2. The van der Waals surface area contributed by atoms with Gasteiger partial charge in [0.15, 0.2) is 9.84 Å². The number of nitrogens with one attached hydrogen (secondary N) is 1. The number of carboxylic acids is 1. The standard InChI is InChI=1S/C20H21N3O5S/c1-22-11-15(13-7-8-21-18(13)19(22)24)14-10-12(29(2,27)28)5-6-16(14)23-9-3-4-17(23)20(25)26/h5-8,10-11,17,21H,3-4,9H2,1-2H3,(H,25,26). The molecular weight excluding hydrogens is 394 g/mol. The molecule has 3 aromatic rings. The summed E-state index contributed by atoms with van der Waals surface area (Å²) in [7, 11) is -1.85. The van der Waals surface area contributed by atoms with Crippen LogP contribution in [0.3, 0.4) is 0 Å². The van der Waals surface area contributed by atoms with E-state index in [1.165, 1.54) is 10.6 Å². The van der Waals surface area contributed by atoms with Gasteiger partial charge in [-0.1, -0.05) is 0 Å². The predicted octanol–water partition coefficient (Wildman–Crippen LogP) is 1.99. The SMILES string of the molecule is Cn1cc(-c2cc(S(C)(=O)=O)ccc2N2CCCC2C(=O)O)c2cc[nH]c2c1=O. The van der Waals surface area contributed by atoms with Crippen molar-refractivity contribution in [1.82, 2.24) is 9.55 Å². The molecule has 0 radical (unpaired) electrons. The highest BCUT2D eigenvalue weighted by Crippen LogP contribution is 2.39. The molecule has 0 bridgehead atoms. The molecule has 3 heterocycles. The van der Waals surface area contributed by atoms with Gasteiger partial charge in [0, 0.05) is 54.4 Å². The number of rotatable bonds is 4. The summed E-state index contributed by atoms with van der Waals surface area (Å²) in [6.07, 6.45) is 5.71. The third-order valence-electron chi connectivity index (χ3n) is 5.43. The van der Waals surface area contributed by atoms with Crippen molar-refractivity contribution in [2.24, 2.45) is 7.05 Å². The largest absolute Gasteiger partial charge is 0.480 e. The Bertz CT molecular complexity index is 1290. The Morgan fingerprint density at radius 3 is 2.69 bits per heavy atom. The topological polar surface area (TPSA) is 112 Å². The number of H-pyrrole nitrogens is 1. The molecule has 0 spiro atoms. The van der Waals surface area contributed by atoms with E-state index in [1.54, 1.807) is 42.5 Å². The molecule has 29 heavy (non-hydrogen) atoms. The van der Waals surface area contributed by atoms with Gasteiger partial charge in [-0.3, -0.25) is 4.79 Å². The lowest BCUT2D eigenvalue weighted by atomic mass is 10.0. The Balaban J connectivity index is 2.04. The Kier molecular flexibility index (Phi) is 4.49. The zero-order chi connectivity index (χ0) is 20.9. The van der Waals surface area contributed by atoms with Crippen LogP contribution >= 0.6 is 0 Å². The molecule has 0 saturated carbocycles. The number of aliphatic carboxylic acids is 1. The van der Waals surface area contributed by atoms with Crippen LogP contribution in [0.15, 0.2) is 46.3 Å². The molecule has 9 heteroatoms. The zero-order valence-corrected chi connectivity index (χ0v) is 16.9. The van der Waals surface area contributed by atoms with Crippen molar-refractivity contribution in [2.45, 2.75) is 23.8 Å². The summed E-state index contributed by atoms with van der Waals surface area (Å²) >= 11 is 0. The number of aromatic amines is 1. The molecule has 1 fully saturated rings. The van der Waals surface area contributed by atoms with Crippen molar-refractivity contribution in [3.63, 3.8) is 0 Å². The van der Waals surface area contributed by atoms with Crippen LogP contribution in [-0.4, -0.2) is 47.9 Å². The van der Waals surface area contributed by atoms with Gasteiger partial charge in [-0.05, 0) is 37.1 Å². The van der Waals surface area contributed by atoms with Gasteiger partial charge < -0.3 is 19.6 Å². The van der Waals surface area contributed by atoms with E-state index < -0.39 is 21.8 Å². The molecule has 1 aliphatic rings. The van der Waals surface area contributed by atoms with Crippen LogP contribution in [0.1, 0.15) is 12.8 Å². The first-order valence-corrected chi connectivity index (χ1v) is 11.1. The van der Waals surface area contributed by atoms with Crippen LogP contribution < -0.4 is 10.5 Å². The van der Waals surface area contributed by atoms with Crippen LogP contribution in [0, 0.1) is 0 Å². The van der Waals surface area contributed by atoms with Crippen molar-refractivity contribution in [1.29, 1.82) is 0 Å². The summed E-state index contributed by atoms with van der Waals surface area (Å²) in [4.78, 5) is 29.0. The zero-order valence-electron chi connectivity index (χ0n) is 16.0. The highest BCUT2D eigenvalue weighted by Gasteiger charge is 2.32. The van der Waals surface area contributed by atoms with Gasteiger partial charge in [-0.15, -0.1) is 0 Å². The van der Waals surface area contributed by atoms with Gasteiger partial charge in [0.25, 0.3) is 5.56 Å². The summed E-state index contributed by atoms with van der Waals surface area (Å²) < 4.78 is 25.8. The first-order chi connectivity index (χ1) is 13.7. The molecule has 1 aromatic carbocycles. The van der Waals surface area contributed by atoms with Crippen LogP contribution in [0.25, 0.3) is 22.0 Å². The van der Waals surface area contributed by atoms with E-state index in [1.807, 2.05) is 0 Å². The van der Waals surface area contributed by atoms with Gasteiger partial charge in [-0.25, -0.2) is 13.2 Å². The molecular formula is C20H21N3O5S. The maximum absolute atomic E-state index is 12.4. The predicted molar refractivity (Wildman–Crippen MR) is 110 cm³/mol. The molecule has 2 N–H and O–H groups in total. The van der Waals surface area contributed by atoms with Gasteiger partial charge >= 0.3 is 5.97 Å². The van der Waals surface area contributed by atoms with Gasteiger partial charge in [0.05, 0.1) is 4.90 Å². The number of hydrogen-bond donors (Lipinski definition) is 2. The summed E-state index contributed by atoms with van der Waals surface area (Å²) in [5.74, 6) is -0.909. The molecule has 4 rings (SSSR count). The fraction of sp³-hybridized carbons (Fsp3) is 0.300. The Morgan fingerprint density at radius 2 is 2.00 bits per heavy atom. The molecule has 1 saturated heterocycles. The molecule has 8 nitrogen and oxygen atoms in total. The third kappa shape index (κ3) is 3.21. The average Bonchev–Trinajstić information content (AvgIpc) is 3.33. The summed E-state index contributed by atoms with van der Waals surface area (Å²) in [5.41, 5.74) is 2.11. The van der Waals surface area contributed by atoms with Crippen molar-refractivity contribution in [2.75, 3.05) is 17.7 Å². The molecule has 1 atom stereocenters. The number of carboxylic acid groups (broad SMARTS) is 1. The molecule has 152 valence electrons. The van der Waals surface area contributed by atoms with Gasteiger partial charge in [0.2, 0.25) is 0 Å². The van der Waals surface area contributed by atoms with Crippen LogP contribution in [-0.2, 0) is 21.7 Å². The lowest BCUT2D eigenvalue weighted by Crippen LogP contribution is -2.36. The lowest BCUT2D eigenvalue weighted by molar-refractivity contribution is -0.138. The maximum Gasteiger partial charge on any atom is 0.326 e. The van der Waals surface area contributed by atoms with Crippen LogP contribution in [0.4, 0.5) is 5.69 Å². The van der Waals surface area contributed by atoms with Crippen molar-refractivity contribution in [3.05, 3.63) is 47.0 Å². The average molecular weight is 415 g/mol. The minimum atomic E-state index is -3.47. The highest BCUT2D eigenvalue weighted by molar-refractivity contribution is 7.90. The summed E-state index contributed by atoms with van der Waals surface area (Å²) in [6, 6.07) is 5.82. The Hall–Kier alpha value is -3.07. The number of aryl methyl sites for hydroxylation is 1. The Morgan fingerprint density at radius 1 is 1.24 bits per heavy atom. The first-order valence-electron chi connectivity index (χ1n) is 9.19. The normalized spacial score (nSPS) is 17.2. The number of carbonyl (C=O) groups is 1. The fourth-order valence-electron chi connectivity index (χ4n) is 4.01. The second kappa shape index (κ2) is 6.77. The number of benzene rings is 1. The molecule has 2 aromatic heterocycles. The van der Waals surface area contributed by atoms with Crippen LogP contribution in [0.5, 0.6) is 0 Å². The molecule has 1 aliphatic heterocycles. The summed E-state index contributed by atoms with van der Waals surface area (Å²) in [6.45, 7) is 0.560. The van der Waals surface area contributed by atoms with E-state index in [0.717, 1.165) is 12.7 Å². The maximum atomic E-state index is 12.4. The van der Waals surface area contributed by atoms with Crippen LogP contribution in [0.2, 0.25) is 0 Å². The lowest BCUT2D eigenvalue weighted by Gasteiger charge is -2.27. The quantitative estimate of drug-likeness (QED) is 0.674. The number of hydrogen-bond acceptors (Lipinski definition) is 5. The molecule has 0 amide bonds. The minimum Gasteiger partial charge on any atom is -0.480 e. The van der Waals surface area contributed by atoms with E-state index in [2.05, 4.69) is 4.98 Å². The second-order valence-electron chi connectivity index (χ2n) is 7.37. The van der Waals surface area contributed by atoms with Crippen molar-refractivity contribution < 1.29 is 18.3 Å². The van der Waals surface area contributed by atoms with Crippen molar-refractivity contribution >= 4 is 32.4 Å². The van der Waals surface area contributed by atoms with E-state index in [4.69, 9.17) is 0 Å². The summed E-state index contributed by atoms with van der Waals surface area (Å²) in [5, 5.41) is 10.3. The van der Waals surface area contributed by atoms with Gasteiger partial charge in [0.1, 0.15) is 11.6 Å². The second-order valence-corrected chi connectivity index (χ2v) is 9.38. The molecule has 1 unspecified atom stereocenters. The number of pyridine rings is 1. The van der Waals surface area contributed by atoms with E-state index in [-0.39, 0.29) is 10.5 Å². The van der Waals surface area contributed by atoms with E-state index in [9.17, 15) is 23.1 Å². The third-order valence-corrected chi connectivity index (χ3v) is 6.54. The van der Waals surface area contributed by atoms with E-state index in [0.29, 0.717) is 40.7 Å². The smallest absolute Gasteiger partial charge is 0.326 e. The van der Waals surface area contributed by atoms with Gasteiger partial charge in [-0.2, -0.15) is 0 Å². The highest BCUT2D eigenvalue weighted by atomic mass is 32.2. The minimum absolute atomic E-state index is 0.139. The number of sulfone groups is 1. The Labute approximate surface area is 167 Å².